The highest BCUT2D eigenvalue weighted by molar-refractivity contribution is 5.76. The van der Waals surface area contributed by atoms with Gasteiger partial charge in [-0.3, -0.25) is 0 Å². The van der Waals surface area contributed by atoms with Gasteiger partial charge >= 0.3 is 5.97 Å². The Morgan fingerprint density at radius 3 is 2.39 bits per heavy atom. The van der Waals surface area contributed by atoms with Crippen LogP contribution < -0.4 is 0 Å². The van der Waals surface area contributed by atoms with Gasteiger partial charge in [0, 0.05) is 23.8 Å². The van der Waals surface area contributed by atoms with Crippen LogP contribution in [0.25, 0.3) is 22.6 Å². The van der Waals surface area contributed by atoms with E-state index >= 15 is 0 Å². The van der Waals surface area contributed by atoms with Crippen LogP contribution in [0.1, 0.15) is 25.7 Å². The lowest BCUT2D eigenvalue weighted by Crippen LogP contribution is -2.20. The molecule has 0 aliphatic carbocycles. The lowest BCUT2D eigenvalue weighted by Gasteiger charge is -2.05. The van der Waals surface area contributed by atoms with Crippen molar-refractivity contribution in [3.63, 3.8) is 0 Å². The number of oxazole rings is 1. The quantitative estimate of drug-likeness (QED) is 0.427. The van der Waals surface area contributed by atoms with Crippen LogP contribution in [0.15, 0.2) is 70.2 Å². The van der Waals surface area contributed by atoms with Gasteiger partial charge in [0.2, 0.25) is 6.10 Å². The molecule has 1 aromatic heterocycles. The van der Waals surface area contributed by atoms with Crippen molar-refractivity contribution in [3.05, 3.63) is 66.6 Å². The zero-order valence-electron chi connectivity index (χ0n) is 15.6. The summed E-state index contributed by atoms with van der Waals surface area (Å²) in [4.78, 5) is 20.5. The number of carbonyl (C=O) groups is 1. The first-order chi connectivity index (χ1) is 13.7. The third-order valence-corrected chi connectivity index (χ3v) is 4.15. The number of carboxylic acids is 1. The molecule has 0 saturated heterocycles. The van der Waals surface area contributed by atoms with E-state index in [0.29, 0.717) is 25.2 Å². The Balaban J connectivity index is 1.74. The molecule has 6 nitrogen and oxygen atoms in total. The molecule has 0 radical (unpaired) electrons. The Bertz CT molecular complexity index is 863. The maximum atomic E-state index is 10.9. The van der Waals surface area contributed by atoms with Crippen molar-refractivity contribution in [1.29, 1.82) is 0 Å². The molecule has 3 rings (SSSR count). The number of aryl methyl sites for hydroxylation is 1. The van der Waals surface area contributed by atoms with Crippen LogP contribution in [0.3, 0.4) is 0 Å². The monoisotopic (exact) mass is 378 g/mol. The molecule has 28 heavy (non-hydrogen) atoms. The predicted molar refractivity (Wildman–Crippen MR) is 107 cm³/mol. The second-order valence-corrected chi connectivity index (χ2v) is 6.18. The Morgan fingerprint density at radius 2 is 1.79 bits per heavy atom. The molecule has 1 heterocycles. The van der Waals surface area contributed by atoms with Gasteiger partial charge in [0.05, 0.1) is 0 Å². The lowest BCUT2D eigenvalue weighted by atomic mass is 10.1. The van der Waals surface area contributed by atoms with E-state index in [4.69, 9.17) is 14.4 Å². The van der Waals surface area contributed by atoms with Crippen molar-refractivity contribution >= 4 is 12.2 Å². The Hall–Kier alpha value is -3.41. The van der Waals surface area contributed by atoms with Gasteiger partial charge in [0.25, 0.3) is 0 Å². The molecule has 2 aromatic carbocycles. The van der Waals surface area contributed by atoms with Crippen LogP contribution in [-0.2, 0) is 16.1 Å². The number of nitrogens with zero attached hydrogens (tertiary/aromatic N) is 2. The molecule has 1 atom stereocenters. The van der Waals surface area contributed by atoms with Gasteiger partial charge in [-0.15, -0.1) is 0 Å². The van der Waals surface area contributed by atoms with Gasteiger partial charge in [0.15, 0.2) is 11.7 Å². The van der Waals surface area contributed by atoms with Crippen LogP contribution >= 0.6 is 0 Å². The predicted octanol–water partition coefficient (Wildman–Crippen LogP) is 4.81. The van der Waals surface area contributed by atoms with Crippen molar-refractivity contribution in [3.8, 4) is 22.6 Å². The number of aliphatic carboxylic acids is 1. The van der Waals surface area contributed by atoms with E-state index in [1.54, 1.807) is 13.1 Å². The average Bonchev–Trinajstić information content (AvgIpc) is 3.16. The van der Waals surface area contributed by atoms with E-state index in [1.807, 2.05) is 60.7 Å². The van der Waals surface area contributed by atoms with E-state index in [0.717, 1.165) is 22.6 Å². The van der Waals surface area contributed by atoms with Crippen LogP contribution in [0.5, 0.6) is 0 Å². The summed E-state index contributed by atoms with van der Waals surface area (Å²) in [7, 11) is 0. The molecule has 3 aromatic rings. The number of hydrogen-bond donors (Lipinski definition) is 1. The van der Waals surface area contributed by atoms with E-state index in [1.165, 1.54) is 0 Å². The fraction of sp³-hybridized carbons (Fsp3) is 0.227. The number of aromatic nitrogens is 1. The van der Waals surface area contributed by atoms with Crippen molar-refractivity contribution in [1.82, 2.24) is 4.98 Å². The normalized spacial score (nSPS) is 12.2. The minimum absolute atomic E-state index is 0.354. The topological polar surface area (TPSA) is 84.9 Å². The maximum Gasteiger partial charge on any atom is 0.347 e. The van der Waals surface area contributed by atoms with Gasteiger partial charge in [-0.2, -0.15) is 0 Å². The van der Waals surface area contributed by atoms with Crippen molar-refractivity contribution in [2.75, 3.05) is 0 Å². The summed E-state index contributed by atoms with van der Waals surface area (Å²) in [6.45, 7) is 1.73. The third-order valence-electron chi connectivity index (χ3n) is 4.15. The molecular formula is C22H22N2O4. The summed E-state index contributed by atoms with van der Waals surface area (Å²) in [5.41, 5.74) is 2.75. The van der Waals surface area contributed by atoms with E-state index in [9.17, 15) is 4.79 Å². The highest BCUT2D eigenvalue weighted by Gasteiger charge is 2.17. The Morgan fingerprint density at radius 1 is 1.14 bits per heavy atom. The smallest absolute Gasteiger partial charge is 0.347 e. The summed E-state index contributed by atoms with van der Waals surface area (Å²) in [6.07, 6.45) is 2.03. The van der Waals surface area contributed by atoms with Crippen LogP contribution in [0, 0.1) is 0 Å². The highest BCUT2D eigenvalue weighted by atomic mass is 16.6. The first kappa shape index (κ1) is 19.4. The number of rotatable bonds is 9. The largest absolute Gasteiger partial charge is 0.478 e. The fourth-order valence-electron chi connectivity index (χ4n) is 2.70. The van der Waals surface area contributed by atoms with E-state index in [-0.39, 0.29) is 0 Å². The van der Waals surface area contributed by atoms with Crippen LogP contribution in [0.4, 0.5) is 0 Å². The molecule has 0 bridgehead atoms. The van der Waals surface area contributed by atoms with E-state index in [2.05, 4.69) is 10.1 Å². The van der Waals surface area contributed by atoms with Gasteiger partial charge < -0.3 is 14.4 Å². The number of hydrogen-bond acceptors (Lipinski definition) is 5. The van der Waals surface area contributed by atoms with Crippen LogP contribution in [0.2, 0.25) is 0 Å². The summed E-state index contributed by atoms with van der Waals surface area (Å²) in [6, 6.07) is 19.8. The molecule has 0 fully saturated rings. The SMILES string of the molecule is CCC(ON=CCCc1nc(-c2ccccc2)c(-c2ccccc2)o1)C(=O)O. The molecular weight excluding hydrogens is 356 g/mol. The molecule has 6 heteroatoms. The summed E-state index contributed by atoms with van der Waals surface area (Å²) >= 11 is 0. The molecule has 0 aliphatic rings. The number of carboxylic acid groups (broad SMARTS) is 1. The van der Waals surface area contributed by atoms with Crippen molar-refractivity contribution in [2.24, 2.45) is 5.16 Å². The summed E-state index contributed by atoms with van der Waals surface area (Å²) in [5, 5.41) is 12.7. The van der Waals surface area contributed by atoms with Gasteiger partial charge in [-0.05, 0) is 12.8 Å². The second kappa shape index (κ2) is 9.50. The minimum Gasteiger partial charge on any atom is -0.478 e. The third kappa shape index (κ3) is 4.85. The molecule has 0 spiro atoms. The molecule has 1 unspecified atom stereocenters. The van der Waals surface area contributed by atoms with Crippen LogP contribution in [-0.4, -0.2) is 28.4 Å². The first-order valence-corrected chi connectivity index (χ1v) is 9.20. The van der Waals surface area contributed by atoms with E-state index < -0.39 is 12.1 Å². The van der Waals surface area contributed by atoms with Crippen molar-refractivity contribution in [2.45, 2.75) is 32.3 Å². The fourth-order valence-corrected chi connectivity index (χ4v) is 2.70. The Kier molecular flexibility index (Phi) is 6.57. The highest BCUT2D eigenvalue weighted by Crippen LogP contribution is 2.32. The average molecular weight is 378 g/mol. The zero-order valence-corrected chi connectivity index (χ0v) is 15.6. The molecule has 1 N–H and O–H groups in total. The minimum atomic E-state index is -1.02. The van der Waals surface area contributed by atoms with Gasteiger partial charge in [-0.1, -0.05) is 72.7 Å². The molecule has 0 saturated carbocycles. The number of benzene rings is 2. The Labute approximate surface area is 163 Å². The summed E-state index contributed by atoms with van der Waals surface area (Å²) in [5.74, 6) is 0.300. The summed E-state index contributed by atoms with van der Waals surface area (Å²) < 4.78 is 6.03. The second-order valence-electron chi connectivity index (χ2n) is 6.18. The molecule has 0 aliphatic heterocycles. The van der Waals surface area contributed by atoms with Gasteiger partial charge in [-0.25, -0.2) is 9.78 Å². The lowest BCUT2D eigenvalue weighted by molar-refractivity contribution is -0.150. The molecule has 0 amide bonds. The maximum absolute atomic E-state index is 10.9. The van der Waals surface area contributed by atoms with Crippen molar-refractivity contribution < 1.29 is 19.2 Å². The zero-order chi connectivity index (χ0) is 19.8. The number of oxime groups is 1. The first-order valence-electron chi connectivity index (χ1n) is 9.20. The van der Waals surface area contributed by atoms with Gasteiger partial charge in [0.1, 0.15) is 5.69 Å². The molecule has 144 valence electrons. The standard InChI is InChI=1S/C22H22N2O4/c1-2-18(22(25)26)28-23-15-9-14-19-24-20(16-10-5-3-6-11-16)21(27-19)17-12-7-4-8-13-17/h3-8,10-13,15,18H,2,9,14H2,1H3,(H,25,26).